The predicted octanol–water partition coefficient (Wildman–Crippen LogP) is 3.30. The first kappa shape index (κ1) is 12.5. The molecule has 0 radical (unpaired) electrons. The van der Waals surface area contributed by atoms with Gasteiger partial charge in [-0.1, -0.05) is 26.0 Å². The molecule has 0 bridgehead atoms. The largest absolute Gasteiger partial charge is 0.346 e. The van der Waals surface area contributed by atoms with Gasteiger partial charge in [0.2, 0.25) is 0 Å². The van der Waals surface area contributed by atoms with Crippen molar-refractivity contribution in [1.82, 2.24) is 0 Å². The van der Waals surface area contributed by atoms with Gasteiger partial charge in [-0.15, -0.1) is 6.58 Å². The minimum Gasteiger partial charge on any atom is -0.346 e. The Morgan fingerprint density at radius 2 is 2.07 bits per heavy atom. The van der Waals surface area contributed by atoms with Crippen molar-refractivity contribution in [3.05, 3.63) is 24.3 Å². The van der Waals surface area contributed by atoms with Crippen LogP contribution in [0.5, 0.6) is 0 Å². The third-order valence-corrected chi connectivity index (χ3v) is 2.78. The summed E-state index contributed by atoms with van der Waals surface area (Å²) in [6.45, 7) is 9.59. The van der Waals surface area contributed by atoms with E-state index in [-0.39, 0.29) is 6.29 Å². The summed E-state index contributed by atoms with van der Waals surface area (Å²) in [5, 5.41) is 0. The second kappa shape index (κ2) is 6.81. The van der Waals surface area contributed by atoms with E-state index in [0.717, 1.165) is 32.5 Å². The van der Waals surface area contributed by atoms with Crippen LogP contribution in [-0.2, 0) is 9.47 Å². The molecular weight excluding hydrogens is 188 g/mol. The molecule has 1 aliphatic rings. The van der Waals surface area contributed by atoms with Crippen LogP contribution < -0.4 is 0 Å². The van der Waals surface area contributed by atoms with Crippen LogP contribution in [0.4, 0.5) is 0 Å². The van der Waals surface area contributed by atoms with E-state index in [2.05, 4.69) is 26.5 Å². The monoisotopic (exact) mass is 210 g/mol. The second-order valence-corrected chi connectivity index (χ2v) is 3.86. The van der Waals surface area contributed by atoms with Crippen molar-refractivity contribution in [1.29, 1.82) is 0 Å². The Bertz CT molecular complexity index is 215. The zero-order valence-electron chi connectivity index (χ0n) is 9.87. The number of allylic oxidation sites excluding steroid dienone is 2. The van der Waals surface area contributed by atoms with E-state index in [1.807, 2.05) is 6.08 Å². The molecule has 2 heteroatoms. The minimum atomic E-state index is -0.0890. The molecule has 1 heterocycles. The minimum absolute atomic E-state index is 0.0890. The fourth-order valence-corrected chi connectivity index (χ4v) is 1.80. The van der Waals surface area contributed by atoms with E-state index in [4.69, 9.17) is 9.47 Å². The van der Waals surface area contributed by atoms with Crippen LogP contribution in [-0.4, -0.2) is 19.5 Å². The standard InChI is InChI=1S/C13H22O2/c1-4-7-11(5-2)10-12(6-3)13-14-8-9-15-13/h4,10-11,13H,1,5-9H2,2-3H3/b12-10+. The molecule has 1 atom stereocenters. The summed E-state index contributed by atoms with van der Waals surface area (Å²) in [4.78, 5) is 0. The van der Waals surface area contributed by atoms with Crippen LogP contribution >= 0.6 is 0 Å². The zero-order chi connectivity index (χ0) is 11.1. The van der Waals surface area contributed by atoms with Crippen LogP contribution in [0.15, 0.2) is 24.3 Å². The molecule has 1 unspecified atom stereocenters. The molecule has 0 aromatic heterocycles. The average molecular weight is 210 g/mol. The highest BCUT2D eigenvalue weighted by molar-refractivity contribution is 5.08. The SMILES string of the molecule is C=CCC(/C=C(\CC)C1OCCO1)CC. The van der Waals surface area contributed by atoms with E-state index < -0.39 is 0 Å². The smallest absolute Gasteiger partial charge is 0.179 e. The van der Waals surface area contributed by atoms with Gasteiger partial charge in [0, 0.05) is 0 Å². The summed E-state index contributed by atoms with van der Waals surface area (Å²) < 4.78 is 11.0. The number of hydrogen-bond donors (Lipinski definition) is 0. The number of rotatable bonds is 6. The Kier molecular flexibility index (Phi) is 5.66. The molecule has 1 fully saturated rings. The van der Waals surface area contributed by atoms with Gasteiger partial charge >= 0.3 is 0 Å². The maximum Gasteiger partial charge on any atom is 0.179 e. The van der Waals surface area contributed by atoms with Gasteiger partial charge in [-0.2, -0.15) is 0 Å². The average Bonchev–Trinajstić information content (AvgIpc) is 2.77. The van der Waals surface area contributed by atoms with Crippen molar-refractivity contribution < 1.29 is 9.47 Å². The molecule has 1 aliphatic heterocycles. The lowest BCUT2D eigenvalue weighted by atomic mass is 9.98. The Morgan fingerprint density at radius 3 is 2.53 bits per heavy atom. The summed E-state index contributed by atoms with van der Waals surface area (Å²) in [5.41, 5.74) is 1.28. The van der Waals surface area contributed by atoms with E-state index in [9.17, 15) is 0 Å². The van der Waals surface area contributed by atoms with Gasteiger partial charge in [-0.05, 0) is 30.8 Å². The van der Waals surface area contributed by atoms with Gasteiger partial charge in [-0.3, -0.25) is 0 Å². The molecule has 2 nitrogen and oxygen atoms in total. The maximum atomic E-state index is 5.51. The summed E-state index contributed by atoms with van der Waals surface area (Å²) >= 11 is 0. The Labute approximate surface area is 93.0 Å². The molecule has 0 spiro atoms. The highest BCUT2D eigenvalue weighted by atomic mass is 16.7. The fourth-order valence-electron chi connectivity index (χ4n) is 1.80. The second-order valence-electron chi connectivity index (χ2n) is 3.86. The van der Waals surface area contributed by atoms with Crippen molar-refractivity contribution >= 4 is 0 Å². The fraction of sp³-hybridized carbons (Fsp3) is 0.692. The molecule has 0 aromatic carbocycles. The van der Waals surface area contributed by atoms with Crippen molar-refractivity contribution in [2.24, 2.45) is 5.92 Å². The van der Waals surface area contributed by atoms with Crippen LogP contribution in [0.3, 0.4) is 0 Å². The van der Waals surface area contributed by atoms with Crippen molar-refractivity contribution in [2.45, 2.75) is 39.4 Å². The Morgan fingerprint density at radius 1 is 1.40 bits per heavy atom. The lowest BCUT2D eigenvalue weighted by Gasteiger charge is -2.15. The normalized spacial score (nSPS) is 20.5. The third kappa shape index (κ3) is 3.80. The van der Waals surface area contributed by atoms with Crippen molar-refractivity contribution in [3.8, 4) is 0 Å². The summed E-state index contributed by atoms with van der Waals surface area (Å²) in [6, 6.07) is 0. The predicted molar refractivity (Wildman–Crippen MR) is 62.7 cm³/mol. The molecule has 1 rings (SSSR count). The molecule has 0 aromatic rings. The lowest BCUT2D eigenvalue weighted by Crippen LogP contribution is -2.12. The molecule has 15 heavy (non-hydrogen) atoms. The highest BCUT2D eigenvalue weighted by Gasteiger charge is 2.20. The molecule has 86 valence electrons. The Hall–Kier alpha value is -0.600. The van der Waals surface area contributed by atoms with Crippen molar-refractivity contribution in [2.75, 3.05) is 13.2 Å². The van der Waals surface area contributed by atoms with E-state index in [1.165, 1.54) is 5.57 Å². The summed E-state index contributed by atoms with van der Waals surface area (Å²) in [5.74, 6) is 0.574. The van der Waals surface area contributed by atoms with Crippen molar-refractivity contribution in [3.63, 3.8) is 0 Å². The zero-order valence-corrected chi connectivity index (χ0v) is 9.87. The topological polar surface area (TPSA) is 18.5 Å². The first-order valence-corrected chi connectivity index (χ1v) is 5.86. The van der Waals surface area contributed by atoms with Gasteiger partial charge in [0.1, 0.15) is 0 Å². The summed E-state index contributed by atoms with van der Waals surface area (Å²) in [7, 11) is 0. The quantitative estimate of drug-likeness (QED) is 0.626. The summed E-state index contributed by atoms with van der Waals surface area (Å²) in [6.07, 6.45) is 7.37. The van der Waals surface area contributed by atoms with E-state index in [1.54, 1.807) is 0 Å². The van der Waals surface area contributed by atoms with Gasteiger partial charge in [0.05, 0.1) is 13.2 Å². The highest BCUT2D eigenvalue weighted by Crippen LogP contribution is 2.21. The lowest BCUT2D eigenvalue weighted by molar-refractivity contribution is -0.0135. The van der Waals surface area contributed by atoms with Crippen LogP contribution in [0, 0.1) is 5.92 Å². The first-order chi connectivity index (χ1) is 7.31. The molecule has 0 N–H and O–H groups in total. The number of hydrogen-bond acceptors (Lipinski definition) is 2. The Balaban J connectivity index is 2.60. The molecule has 0 amide bonds. The van der Waals surface area contributed by atoms with Gasteiger partial charge in [0.15, 0.2) is 6.29 Å². The third-order valence-electron chi connectivity index (χ3n) is 2.78. The van der Waals surface area contributed by atoms with E-state index in [0.29, 0.717) is 5.92 Å². The van der Waals surface area contributed by atoms with Crippen LogP contribution in [0.25, 0.3) is 0 Å². The molecule has 0 aliphatic carbocycles. The molecule has 0 saturated carbocycles. The van der Waals surface area contributed by atoms with Crippen LogP contribution in [0.1, 0.15) is 33.1 Å². The van der Waals surface area contributed by atoms with Gasteiger partial charge in [-0.25, -0.2) is 0 Å². The van der Waals surface area contributed by atoms with Crippen LogP contribution in [0.2, 0.25) is 0 Å². The molecular formula is C13H22O2. The van der Waals surface area contributed by atoms with Gasteiger partial charge < -0.3 is 9.47 Å². The first-order valence-electron chi connectivity index (χ1n) is 5.86. The van der Waals surface area contributed by atoms with Gasteiger partial charge in [0.25, 0.3) is 0 Å². The maximum absolute atomic E-state index is 5.51. The number of ether oxygens (including phenoxy) is 2. The molecule has 1 saturated heterocycles. The van der Waals surface area contributed by atoms with E-state index >= 15 is 0 Å².